The lowest BCUT2D eigenvalue weighted by molar-refractivity contribution is 0.669. The molecule has 0 saturated carbocycles. The smallest absolute Gasteiger partial charge is 0.164 e. The van der Waals surface area contributed by atoms with E-state index in [2.05, 4.69) is 109 Å². The normalized spacial score (nSPS) is 11.6. The van der Waals surface area contributed by atoms with Gasteiger partial charge in [-0.05, 0) is 78.8 Å². The van der Waals surface area contributed by atoms with Gasteiger partial charge in [0.1, 0.15) is 11.2 Å². The summed E-state index contributed by atoms with van der Waals surface area (Å²) in [5.74, 6) is 1.84. The number of furan rings is 1. The topological polar surface area (TPSA) is 51.8 Å². The second kappa shape index (κ2) is 12.6. The number of para-hydroxylation sites is 1. The molecule has 0 fully saturated rings. The van der Waals surface area contributed by atoms with Crippen molar-refractivity contribution < 1.29 is 4.42 Å². The Labute approximate surface area is 317 Å². The minimum atomic E-state index is 0.596. The molecule has 0 N–H and O–H groups in total. The summed E-state index contributed by atoms with van der Waals surface area (Å²) in [5, 5.41) is 9.65. The Morgan fingerprint density at radius 1 is 0.273 bits per heavy atom. The van der Waals surface area contributed by atoms with Gasteiger partial charge in [-0.15, -0.1) is 0 Å². The van der Waals surface area contributed by atoms with Gasteiger partial charge in [-0.2, -0.15) is 0 Å². The highest BCUT2D eigenvalue weighted by atomic mass is 16.3. The quantitative estimate of drug-likeness (QED) is 0.168. The van der Waals surface area contributed by atoms with E-state index >= 15 is 0 Å². The van der Waals surface area contributed by atoms with Gasteiger partial charge in [-0.3, -0.25) is 0 Å². The number of hydrogen-bond acceptors (Lipinski definition) is 4. The maximum absolute atomic E-state index is 6.53. The molecule has 0 aliphatic heterocycles. The molecule has 0 bridgehead atoms. The first kappa shape index (κ1) is 31.1. The van der Waals surface area contributed by atoms with Gasteiger partial charge in [0.05, 0.1) is 0 Å². The summed E-state index contributed by atoms with van der Waals surface area (Å²) in [5.41, 5.74) is 8.80. The minimum Gasteiger partial charge on any atom is -0.456 e. The van der Waals surface area contributed by atoms with Crippen LogP contribution in [0.1, 0.15) is 0 Å². The molecule has 0 amide bonds. The fourth-order valence-corrected chi connectivity index (χ4v) is 8.07. The van der Waals surface area contributed by atoms with Crippen molar-refractivity contribution in [3.63, 3.8) is 0 Å². The summed E-state index contributed by atoms with van der Waals surface area (Å²) >= 11 is 0. The Morgan fingerprint density at radius 2 is 0.727 bits per heavy atom. The van der Waals surface area contributed by atoms with Crippen LogP contribution in [0.5, 0.6) is 0 Å². The van der Waals surface area contributed by atoms with E-state index in [1.807, 2.05) is 78.9 Å². The van der Waals surface area contributed by atoms with Crippen molar-refractivity contribution >= 4 is 54.3 Å². The Morgan fingerprint density at radius 3 is 1.33 bits per heavy atom. The van der Waals surface area contributed by atoms with E-state index in [1.54, 1.807) is 0 Å². The van der Waals surface area contributed by atoms with Gasteiger partial charge in [0.2, 0.25) is 0 Å². The van der Waals surface area contributed by atoms with Gasteiger partial charge < -0.3 is 4.42 Å². The zero-order chi connectivity index (χ0) is 36.3. The molecular formula is C51H31N3O. The van der Waals surface area contributed by atoms with Gasteiger partial charge in [0.15, 0.2) is 17.5 Å². The zero-order valence-corrected chi connectivity index (χ0v) is 29.6. The average Bonchev–Trinajstić information content (AvgIpc) is 3.65. The third-order valence-electron chi connectivity index (χ3n) is 10.7. The van der Waals surface area contributed by atoms with Crippen molar-refractivity contribution in [2.45, 2.75) is 0 Å². The van der Waals surface area contributed by atoms with E-state index in [0.717, 1.165) is 55.3 Å². The van der Waals surface area contributed by atoms with Gasteiger partial charge in [0.25, 0.3) is 0 Å². The molecule has 11 rings (SSSR count). The molecule has 4 heteroatoms. The maximum atomic E-state index is 6.53. The van der Waals surface area contributed by atoms with Crippen LogP contribution in [0, 0.1) is 0 Å². The molecule has 11 aromatic rings. The van der Waals surface area contributed by atoms with Crippen molar-refractivity contribution in [3.8, 4) is 56.4 Å². The SMILES string of the molecule is c1ccc(-c2nc(-c3ccccc3)nc(-c3cc(-c4ccc(-c5ccc6c7ccccc7c7ccccc7c6c5)cc4)cc4oc5ccccc5c34)n2)cc1. The highest BCUT2D eigenvalue weighted by Crippen LogP contribution is 2.41. The van der Waals surface area contributed by atoms with Crippen LogP contribution in [0.3, 0.4) is 0 Å². The fraction of sp³-hybridized carbons (Fsp3) is 0. The molecule has 0 aliphatic rings. The van der Waals surface area contributed by atoms with Crippen LogP contribution in [0.2, 0.25) is 0 Å². The number of nitrogens with zero attached hydrogens (tertiary/aromatic N) is 3. The van der Waals surface area contributed by atoms with E-state index < -0.39 is 0 Å². The number of rotatable bonds is 5. The van der Waals surface area contributed by atoms with Crippen molar-refractivity contribution in [1.29, 1.82) is 0 Å². The van der Waals surface area contributed by atoms with E-state index in [0.29, 0.717) is 17.5 Å². The monoisotopic (exact) mass is 701 g/mol. The molecule has 2 aromatic heterocycles. The van der Waals surface area contributed by atoms with Crippen LogP contribution >= 0.6 is 0 Å². The summed E-state index contributed by atoms with van der Waals surface area (Å²) in [6.45, 7) is 0. The minimum absolute atomic E-state index is 0.596. The van der Waals surface area contributed by atoms with E-state index in [4.69, 9.17) is 19.4 Å². The number of benzene rings is 9. The number of hydrogen-bond donors (Lipinski definition) is 0. The first-order valence-electron chi connectivity index (χ1n) is 18.5. The largest absolute Gasteiger partial charge is 0.456 e. The predicted octanol–water partition coefficient (Wildman–Crippen LogP) is 13.6. The predicted molar refractivity (Wildman–Crippen MR) is 227 cm³/mol. The first-order valence-corrected chi connectivity index (χ1v) is 18.5. The van der Waals surface area contributed by atoms with Gasteiger partial charge in [0, 0.05) is 27.5 Å². The lowest BCUT2D eigenvalue weighted by atomic mass is 9.91. The molecule has 0 unspecified atom stereocenters. The van der Waals surface area contributed by atoms with Crippen molar-refractivity contribution in [2.24, 2.45) is 0 Å². The molecule has 0 saturated heterocycles. The number of fused-ring (bicyclic) bond motifs is 9. The second-order valence-corrected chi connectivity index (χ2v) is 14.0. The van der Waals surface area contributed by atoms with E-state index in [-0.39, 0.29) is 0 Å². The van der Waals surface area contributed by atoms with Crippen molar-refractivity contribution in [3.05, 3.63) is 188 Å². The highest BCUT2D eigenvalue weighted by Gasteiger charge is 2.20. The Hall–Kier alpha value is -7.43. The molecule has 0 spiro atoms. The molecule has 0 radical (unpaired) electrons. The molecule has 55 heavy (non-hydrogen) atoms. The summed E-state index contributed by atoms with van der Waals surface area (Å²) in [6.07, 6.45) is 0. The van der Waals surface area contributed by atoms with Gasteiger partial charge in [-0.25, -0.2) is 15.0 Å². The number of aromatic nitrogens is 3. The van der Waals surface area contributed by atoms with Crippen LogP contribution < -0.4 is 0 Å². The molecule has 0 atom stereocenters. The second-order valence-electron chi connectivity index (χ2n) is 14.0. The van der Waals surface area contributed by atoms with E-state index in [9.17, 15) is 0 Å². The van der Waals surface area contributed by atoms with Crippen molar-refractivity contribution in [2.75, 3.05) is 0 Å². The molecule has 2 heterocycles. The standard InChI is InChI=1S/C51H31N3O/c1-3-13-34(14-4-1)49-52-50(35-15-5-2-6-16-35)54-51(53-49)45-30-37(31-47-48(45)43-21-11-12-22-46(43)55-47)33-25-23-32(24-26-33)36-27-28-42-40-19-8-7-17-38(40)39-18-9-10-20-41(39)44(42)29-36/h1-31H. The first-order chi connectivity index (χ1) is 27.2. The highest BCUT2D eigenvalue weighted by molar-refractivity contribution is 6.25. The third kappa shape index (κ3) is 5.26. The van der Waals surface area contributed by atoms with Crippen LogP contribution in [0.4, 0.5) is 0 Å². The molecule has 256 valence electrons. The molecular weight excluding hydrogens is 671 g/mol. The summed E-state index contributed by atoms with van der Waals surface area (Å²) in [6, 6.07) is 65.8. The molecule has 9 aromatic carbocycles. The maximum Gasteiger partial charge on any atom is 0.164 e. The van der Waals surface area contributed by atoms with E-state index in [1.165, 1.54) is 37.9 Å². The van der Waals surface area contributed by atoms with Crippen LogP contribution in [-0.2, 0) is 0 Å². The molecule has 4 nitrogen and oxygen atoms in total. The van der Waals surface area contributed by atoms with Gasteiger partial charge >= 0.3 is 0 Å². The Balaban J connectivity index is 1.07. The average molecular weight is 702 g/mol. The third-order valence-corrected chi connectivity index (χ3v) is 10.7. The summed E-state index contributed by atoms with van der Waals surface area (Å²) in [4.78, 5) is 15.2. The van der Waals surface area contributed by atoms with Crippen molar-refractivity contribution in [1.82, 2.24) is 15.0 Å². The molecule has 0 aliphatic carbocycles. The Kier molecular flexibility index (Phi) is 7.14. The van der Waals surface area contributed by atoms with Crippen LogP contribution in [-0.4, -0.2) is 15.0 Å². The zero-order valence-electron chi connectivity index (χ0n) is 29.6. The lowest BCUT2D eigenvalue weighted by Gasteiger charge is -2.13. The summed E-state index contributed by atoms with van der Waals surface area (Å²) < 4.78 is 6.53. The Bertz CT molecular complexity index is 3150. The lowest BCUT2D eigenvalue weighted by Crippen LogP contribution is -2.00. The van der Waals surface area contributed by atoms with Crippen LogP contribution in [0.25, 0.3) is 111 Å². The summed E-state index contributed by atoms with van der Waals surface area (Å²) in [7, 11) is 0. The van der Waals surface area contributed by atoms with Gasteiger partial charge in [-0.1, -0.05) is 164 Å². The van der Waals surface area contributed by atoms with Crippen LogP contribution in [0.15, 0.2) is 192 Å². The fourth-order valence-electron chi connectivity index (χ4n) is 8.07.